The van der Waals surface area contributed by atoms with E-state index in [1.165, 1.54) is 10.3 Å². The second-order valence-corrected chi connectivity index (χ2v) is 5.98. The normalized spacial score (nSPS) is 18.3. The highest BCUT2D eigenvalue weighted by atomic mass is 32.1. The molecular formula is C15H19N3O2S. The van der Waals surface area contributed by atoms with Gasteiger partial charge < -0.3 is 15.0 Å². The number of aromatic nitrogens is 1. The van der Waals surface area contributed by atoms with Gasteiger partial charge in [-0.2, -0.15) is 0 Å². The van der Waals surface area contributed by atoms with E-state index < -0.39 is 0 Å². The number of likely N-dealkylation sites (tertiary alicyclic amines) is 1. The van der Waals surface area contributed by atoms with Gasteiger partial charge in [0.05, 0.1) is 22.3 Å². The lowest BCUT2D eigenvalue weighted by Gasteiger charge is -2.16. The molecule has 1 aliphatic heterocycles. The van der Waals surface area contributed by atoms with Gasteiger partial charge in [0.25, 0.3) is 0 Å². The average Bonchev–Trinajstić information content (AvgIpc) is 3.14. The van der Waals surface area contributed by atoms with Gasteiger partial charge in [0.1, 0.15) is 0 Å². The Morgan fingerprint density at radius 3 is 3.33 bits per heavy atom. The maximum absolute atomic E-state index is 11.7. The number of amides is 1. The van der Waals surface area contributed by atoms with Gasteiger partial charge in [-0.15, -0.1) is 11.3 Å². The average molecular weight is 305 g/mol. The number of rotatable bonds is 4. The fourth-order valence-corrected chi connectivity index (χ4v) is 3.45. The summed E-state index contributed by atoms with van der Waals surface area (Å²) in [6.45, 7) is 4.56. The highest BCUT2D eigenvalue weighted by Crippen LogP contribution is 2.22. The quantitative estimate of drug-likeness (QED) is 0.943. The van der Waals surface area contributed by atoms with E-state index in [9.17, 15) is 4.79 Å². The highest BCUT2D eigenvalue weighted by Gasteiger charge is 2.26. The van der Waals surface area contributed by atoms with Gasteiger partial charge in [0.15, 0.2) is 0 Å². The third-order valence-electron chi connectivity index (χ3n) is 3.73. The SMILES string of the molecule is CCOC(=O)N1CCC(NCc2cccc3ncsc23)C1. The Bertz CT molecular complexity index is 628. The molecule has 1 fully saturated rings. The maximum atomic E-state index is 11.7. The molecule has 0 aliphatic carbocycles. The van der Waals surface area contributed by atoms with Crippen LogP contribution in [0.2, 0.25) is 0 Å². The van der Waals surface area contributed by atoms with Crippen LogP contribution in [0.3, 0.4) is 0 Å². The molecule has 0 bridgehead atoms. The number of fused-ring (bicyclic) bond motifs is 1. The van der Waals surface area contributed by atoms with Crippen LogP contribution in [0.5, 0.6) is 0 Å². The zero-order valence-electron chi connectivity index (χ0n) is 12.0. The molecule has 5 nitrogen and oxygen atoms in total. The van der Waals surface area contributed by atoms with Crippen LogP contribution in [0.25, 0.3) is 10.2 Å². The molecule has 6 heteroatoms. The maximum Gasteiger partial charge on any atom is 0.409 e. The van der Waals surface area contributed by atoms with E-state index >= 15 is 0 Å². The zero-order chi connectivity index (χ0) is 14.7. The minimum Gasteiger partial charge on any atom is -0.450 e. The first-order valence-electron chi connectivity index (χ1n) is 7.24. The van der Waals surface area contributed by atoms with Crippen LogP contribution >= 0.6 is 11.3 Å². The molecule has 1 aliphatic rings. The van der Waals surface area contributed by atoms with Crippen LogP contribution in [0, 0.1) is 0 Å². The number of carbonyl (C=O) groups is 1. The number of hydrogen-bond acceptors (Lipinski definition) is 5. The summed E-state index contributed by atoms with van der Waals surface area (Å²) >= 11 is 1.67. The van der Waals surface area contributed by atoms with Crippen molar-refractivity contribution in [1.82, 2.24) is 15.2 Å². The largest absolute Gasteiger partial charge is 0.450 e. The molecule has 2 heterocycles. The summed E-state index contributed by atoms with van der Waals surface area (Å²) in [5.41, 5.74) is 4.20. The van der Waals surface area contributed by atoms with Gasteiger partial charge in [0.2, 0.25) is 0 Å². The van der Waals surface area contributed by atoms with E-state index in [4.69, 9.17) is 4.74 Å². The van der Waals surface area contributed by atoms with E-state index in [2.05, 4.69) is 16.4 Å². The fraction of sp³-hybridized carbons (Fsp3) is 0.467. The topological polar surface area (TPSA) is 54.5 Å². The molecule has 21 heavy (non-hydrogen) atoms. The predicted octanol–water partition coefficient (Wildman–Crippen LogP) is 2.62. The van der Waals surface area contributed by atoms with Crippen LogP contribution in [0.15, 0.2) is 23.7 Å². The highest BCUT2D eigenvalue weighted by molar-refractivity contribution is 7.16. The number of nitrogens with zero attached hydrogens (tertiary/aromatic N) is 2. The Morgan fingerprint density at radius 2 is 2.48 bits per heavy atom. The number of hydrogen-bond donors (Lipinski definition) is 1. The summed E-state index contributed by atoms with van der Waals surface area (Å²) < 4.78 is 6.28. The molecule has 1 atom stereocenters. The zero-order valence-corrected chi connectivity index (χ0v) is 12.9. The van der Waals surface area contributed by atoms with Crippen molar-refractivity contribution in [2.45, 2.75) is 25.9 Å². The van der Waals surface area contributed by atoms with Crippen molar-refractivity contribution in [2.75, 3.05) is 19.7 Å². The van der Waals surface area contributed by atoms with Crippen molar-refractivity contribution >= 4 is 27.6 Å². The second-order valence-electron chi connectivity index (χ2n) is 5.13. The summed E-state index contributed by atoms with van der Waals surface area (Å²) in [6.07, 6.45) is 0.767. The van der Waals surface area contributed by atoms with Crippen LogP contribution in [0.1, 0.15) is 18.9 Å². The molecule has 1 N–H and O–H groups in total. The number of ether oxygens (including phenoxy) is 1. The van der Waals surface area contributed by atoms with Crippen molar-refractivity contribution in [2.24, 2.45) is 0 Å². The van der Waals surface area contributed by atoms with E-state index in [-0.39, 0.29) is 6.09 Å². The van der Waals surface area contributed by atoms with Gasteiger partial charge in [-0.3, -0.25) is 0 Å². The Morgan fingerprint density at radius 1 is 1.57 bits per heavy atom. The van der Waals surface area contributed by atoms with Crippen LogP contribution in [-0.2, 0) is 11.3 Å². The molecule has 0 saturated carbocycles. The van der Waals surface area contributed by atoms with Gasteiger partial charge >= 0.3 is 6.09 Å². The smallest absolute Gasteiger partial charge is 0.409 e. The van der Waals surface area contributed by atoms with Crippen LogP contribution in [0.4, 0.5) is 4.79 Å². The predicted molar refractivity (Wildman–Crippen MR) is 83.5 cm³/mol. The van der Waals surface area contributed by atoms with Crippen LogP contribution in [-0.4, -0.2) is 41.7 Å². The lowest BCUT2D eigenvalue weighted by molar-refractivity contribution is 0.115. The van der Waals surface area contributed by atoms with Crippen molar-refractivity contribution in [1.29, 1.82) is 0 Å². The minimum absolute atomic E-state index is 0.202. The first-order valence-corrected chi connectivity index (χ1v) is 8.12. The third-order valence-corrected chi connectivity index (χ3v) is 4.65. The summed E-state index contributed by atoms with van der Waals surface area (Å²) in [6, 6.07) is 6.54. The minimum atomic E-state index is -0.202. The molecule has 1 unspecified atom stereocenters. The Labute approximate surface area is 127 Å². The van der Waals surface area contributed by atoms with E-state index in [0.717, 1.165) is 31.6 Å². The number of benzene rings is 1. The van der Waals surface area contributed by atoms with E-state index in [1.54, 1.807) is 16.2 Å². The summed E-state index contributed by atoms with van der Waals surface area (Å²) in [4.78, 5) is 17.8. The Hall–Kier alpha value is -1.66. The Balaban J connectivity index is 1.57. The molecule has 1 amide bonds. The van der Waals surface area contributed by atoms with Crippen molar-refractivity contribution in [3.8, 4) is 0 Å². The van der Waals surface area contributed by atoms with Crippen LogP contribution < -0.4 is 5.32 Å². The summed E-state index contributed by atoms with van der Waals surface area (Å²) in [7, 11) is 0. The van der Waals surface area contributed by atoms with Crippen molar-refractivity contribution in [3.63, 3.8) is 0 Å². The summed E-state index contributed by atoms with van der Waals surface area (Å²) in [5, 5.41) is 3.54. The van der Waals surface area contributed by atoms with Crippen molar-refractivity contribution < 1.29 is 9.53 Å². The lowest BCUT2D eigenvalue weighted by atomic mass is 10.2. The third kappa shape index (κ3) is 3.16. The monoisotopic (exact) mass is 305 g/mol. The number of thiazole rings is 1. The van der Waals surface area contributed by atoms with Gasteiger partial charge in [0, 0.05) is 25.7 Å². The van der Waals surface area contributed by atoms with E-state index in [1.807, 2.05) is 24.6 Å². The van der Waals surface area contributed by atoms with Gasteiger partial charge in [-0.1, -0.05) is 12.1 Å². The Kier molecular flexibility index (Phi) is 4.36. The lowest BCUT2D eigenvalue weighted by Crippen LogP contribution is -2.35. The van der Waals surface area contributed by atoms with Gasteiger partial charge in [-0.25, -0.2) is 9.78 Å². The first-order chi connectivity index (χ1) is 10.3. The standard InChI is InChI=1S/C15H19N3O2S/c1-2-20-15(19)18-7-6-12(9-18)16-8-11-4-3-5-13-14(11)21-10-17-13/h3-5,10,12,16H,2,6-9H2,1H3. The molecule has 3 rings (SSSR count). The molecule has 1 aromatic carbocycles. The second kappa shape index (κ2) is 6.41. The summed E-state index contributed by atoms with van der Waals surface area (Å²) in [5.74, 6) is 0. The molecule has 1 aromatic heterocycles. The number of nitrogens with one attached hydrogen (secondary N) is 1. The molecular weight excluding hydrogens is 286 g/mol. The van der Waals surface area contributed by atoms with Gasteiger partial charge in [-0.05, 0) is 25.0 Å². The molecule has 0 radical (unpaired) electrons. The molecule has 0 spiro atoms. The molecule has 112 valence electrons. The molecule has 2 aromatic rings. The number of carbonyl (C=O) groups excluding carboxylic acids is 1. The van der Waals surface area contributed by atoms with E-state index in [0.29, 0.717) is 12.6 Å². The van der Waals surface area contributed by atoms with Crippen molar-refractivity contribution in [3.05, 3.63) is 29.3 Å². The molecule has 1 saturated heterocycles. The fourth-order valence-electron chi connectivity index (χ4n) is 2.65. The first kappa shape index (κ1) is 14.3.